The second kappa shape index (κ2) is 7.82. The molecule has 5 nitrogen and oxygen atoms in total. The third-order valence-electron chi connectivity index (χ3n) is 3.64. The predicted molar refractivity (Wildman–Crippen MR) is 85.9 cm³/mol. The molecule has 0 heterocycles. The van der Waals surface area contributed by atoms with Crippen LogP contribution in [0.4, 0.5) is 5.69 Å². The Morgan fingerprint density at radius 2 is 1.77 bits per heavy atom. The van der Waals surface area contributed by atoms with Gasteiger partial charge in [-0.05, 0) is 38.8 Å². The Morgan fingerprint density at radius 1 is 1.09 bits per heavy atom. The van der Waals surface area contributed by atoms with Crippen molar-refractivity contribution < 1.29 is 14.3 Å². The number of benzene rings is 1. The highest BCUT2D eigenvalue weighted by Crippen LogP contribution is 2.24. The predicted octanol–water partition coefficient (Wildman–Crippen LogP) is 2.86. The summed E-state index contributed by atoms with van der Waals surface area (Å²) in [5, 5.41) is 5.44. The number of amides is 2. The van der Waals surface area contributed by atoms with Gasteiger partial charge in [0.25, 0.3) is 0 Å². The van der Waals surface area contributed by atoms with Crippen molar-refractivity contribution in [2.75, 3.05) is 5.32 Å². The van der Waals surface area contributed by atoms with Crippen LogP contribution >= 0.6 is 0 Å². The Hall–Kier alpha value is -2.04. The van der Waals surface area contributed by atoms with Crippen molar-refractivity contribution >= 4 is 17.5 Å². The van der Waals surface area contributed by atoms with Gasteiger partial charge in [0.05, 0.1) is 11.8 Å². The van der Waals surface area contributed by atoms with Crippen molar-refractivity contribution in [3.8, 4) is 5.75 Å². The van der Waals surface area contributed by atoms with Crippen molar-refractivity contribution in [1.29, 1.82) is 0 Å². The standard InChI is InChI=1S/C17H24N2O3/c1-12(2)22-15-11-7-6-10-14(15)19-17(21)16(20)18-13-8-4-3-5-9-13/h6-7,10-13H,3-5,8-9H2,1-2H3,(H,18,20)(H,19,21). The molecule has 0 bridgehead atoms. The molecule has 1 aromatic carbocycles. The van der Waals surface area contributed by atoms with Gasteiger partial charge in [-0.1, -0.05) is 31.4 Å². The fourth-order valence-corrected chi connectivity index (χ4v) is 2.60. The number of nitrogens with one attached hydrogen (secondary N) is 2. The van der Waals surface area contributed by atoms with Gasteiger partial charge in [0.1, 0.15) is 5.75 Å². The summed E-state index contributed by atoms with van der Waals surface area (Å²) in [7, 11) is 0. The number of anilines is 1. The first kappa shape index (κ1) is 16.3. The van der Waals surface area contributed by atoms with Crippen LogP contribution in [0, 0.1) is 0 Å². The van der Waals surface area contributed by atoms with Gasteiger partial charge in [-0.2, -0.15) is 0 Å². The quantitative estimate of drug-likeness (QED) is 0.841. The number of ether oxygens (including phenoxy) is 1. The number of carbonyl (C=O) groups is 2. The van der Waals surface area contributed by atoms with Gasteiger partial charge in [0.15, 0.2) is 0 Å². The second-order valence-corrected chi connectivity index (χ2v) is 5.93. The van der Waals surface area contributed by atoms with E-state index in [1.165, 1.54) is 6.42 Å². The molecule has 0 spiro atoms. The molecule has 2 N–H and O–H groups in total. The molecule has 1 saturated carbocycles. The molecule has 0 radical (unpaired) electrons. The number of carbonyl (C=O) groups excluding carboxylic acids is 2. The van der Waals surface area contributed by atoms with E-state index >= 15 is 0 Å². The van der Waals surface area contributed by atoms with Crippen LogP contribution < -0.4 is 15.4 Å². The second-order valence-electron chi connectivity index (χ2n) is 5.93. The van der Waals surface area contributed by atoms with Crippen LogP contribution in [0.1, 0.15) is 46.0 Å². The molecular formula is C17H24N2O3. The van der Waals surface area contributed by atoms with Gasteiger partial charge < -0.3 is 15.4 Å². The first-order valence-corrected chi connectivity index (χ1v) is 7.94. The summed E-state index contributed by atoms with van der Waals surface area (Å²) in [6.07, 6.45) is 5.32. The molecule has 120 valence electrons. The highest BCUT2D eigenvalue weighted by molar-refractivity contribution is 6.39. The molecule has 1 aromatic rings. The van der Waals surface area contributed by atoms with E-state index in [9.17, 15) is 9.59 Å². The van der Waals surface area contributed by atoms with Crippen LogP contribution in [-0.4, -0.2) is 24.0 Å². The zero-order valence-electron chi connectivity index (χ0n) is 13.2. The van der Waals surface area contributed by atoms with Gasteiger partial charge in [-0.15, -0.1) is 0 Å². The van der Waals surface area contributed by atoms with Crippen LogP contribution in [0.5, 0.6) is 5.75 Å². The van der Waals surface area contributed by atoms with Crippen molar-refractivity contribution in [3.05, 3.63) is 24.3 Å². The van der Waals surface area contributed by atoms with Gasteiger partial charge in [0, 0.05) is 6.04 Å². The molecule has 1 fully saturated rings. The van der Waals surface area contributed by atoms with Crippen LogP contribution in [0.2, 0.25) is 0 Å². The minimum Gasteiger partial charge on any atom is -0.489 e. The first-order chi connectivity index (χ1) is 10.6. The SMILES string of the molecule is CC(C)Oc1ccccc1NC(=O)C(=O)NC1CCCCC1. The Balaban J connectivity index is 1.94. The molecule has 5 heteroatoms. The van der Waals surface area contributed by atoms with E-state index in [4.69, 9.17) is 4.74 Å². The summed E-state index contributed by atoms with van der Waals surface area (Å²) < 4.78 is 5.63. The first-order valence-electron chi connectivity index (χ1n) is 7.94. The van der Waals surface area contributed by atoms with E-state index in [2.05, 4.69) is 10.6 Å². The highest BCUT2D eigenvalue weighted by Gasteiger charge is 2.21. The van der Waals surface area contributed by atoms with Crippen molar-refractivity contribution in [3.63, 3.8) is 0 Å². The Labute approximate surface area is 131 Å². The summed E-state index contributed by atoms with van der Waals surface area (Å²) in [5.41, 5.74) is 0.514. The van der Waals surface area contributed by atoms with Gasteiger partial charge in [-0.3, -0.25) is 9.59 Å². The number of hydrogen-bond donors (Lipinski definition) is 2. The summed E-state index contributed by atoms with van der Waals surface area (Å²) in [6.45, 7) is 3.82. The number of hydrogen-bond acceptors (Lipinski definition) is 3. The van der Waals surface area contributed by atoms with Gasteiger partial charge in [-0.25, -0.2) is 0 Å². The zero-order valence-corrected chi connectivity index (χ0v) is 13.2. The third-order valence-corrected chi connectivity index (χ3v) is 3.64. The van der Waals surface area contributed by atoms with E-state index < -0.39 is 11.8 Å². The molecule has 1 aliphatic carbocycles. The Kier molecular flexibility index (Phi) is 5.81. The molecule has 0 aliphatic heterocycles. The minimum atomic E-state index is -0.648. The lowest BCUT2D eigenvalue weighted by Crippen LogP contribution is -2.42. The summed E-state index contributed by atoms with van der Waals surface area (Å²) in [6, 6.07) is 7.24. The maximum Gasteiger partial charge on any atom is 0.313 e. The number of para-hydroxylation sites is 2. The van der Waals surface area contributed by atoms with E-state index in [0.717, 1.165) is 25.7 Å². The third kappa shape index (κ3) is 4.76. The van der Waals surface area contributed by atoms with Crippen LogP contribution in [-0.2, 0) is 9.59 Å². The highest BCUT2D eigenvalue weighted by atomic mass is 16.5. The Morgan fingerprint density at radius 3 is 2.45 bits per heavy atom. The minimum absolute atomic E-state index is 0.00545. The molecule has 22 heavy (non-hydrogen) atoms. The van der Waals surface area contributed by atoms with Crippen LogP contribution in [0.15, 0.2) is 24.3 Å². The Bertz CT molecular complexity index is 522. The maximum absolute atomic E-state index is 12.0. The smallest absolute Gasteiger partial charge is 0.313 e. The fraction of sp³-hybridized carbons (Fsp3) is 0.529. The summed E-state index contributed by atoms with van der Waals surface area (Å²) >= 11 is 0. The van der Waals surface area contributed by atoms with Crippen LogP contribution in [0.3, 0.4) is 0 Å². The lowest BCUT2D eigenvalue weighted by molar-refractivity contribution is -0.136. The average molecular weight is 304 g/mol. The molecule has 2 rings (SSSR count). The maximum atomic E-state index is 12.0. The fourth-order valence-electron chi connectivity index (χ4n) is 2.60. The normalized spacial score (nSPS) is 15.4. The molecule has 0 atom stereocenters. The van der Waals surface area contributed by atoms with E-state index in [1.807, 2.05) is 19.9 Å². The molecule has 0 unspecified atom stereocenters. The van der Waals surface area contributed by atoms with E-state index in [-0.39, 0.29) is 12.1 Å². The van der Waals surface area contributed by atoms with E-state index in [1.54, 1.807) is 18.2 Å². The number of rotatable bonds is 4. The molecule has 0 saturated heterocycles. The average Bonchev–Trinajstić information content (AvgIpc) is 2.49. The van der Waals surface area contributed by atoms with E-state index in [0.29, 0.717) is 11.4 Å². The van der Waals surface area contributed by atoms with Crippen molar-refractivity contribution in [2.45, 2.75) is 58.1 Å². The summed E-state index contributed by atoms with van der Waals surface area (Å²) in [5.74, 6) is -0.659. The van der Waals surface area contributed by atoms with Crippen molar-refractivity contribution in [2.24, 2.45) is 0 Å². The lowest BCUT2D eigenvalue weighted by Gasteiger charge is -2.22. The molecule has 0 aromatic heterocycles. The van der Waals surface area contributed by atoms with Gasteiger partial charge in [0.2, 0.25) is 0 Å². The molecular weight excluding hydrogens is 280 g/mol. The molecule has 2 amide bonds. The topological polar surface area (TPSA) is 67.4 Å². The summed E-state index contributed by atoms with van der Waals surface area (Å²) in [4.78, 5) is 24.0. The molecule has 1 aliphatic rings. The monoisotopic (exact) mass is 304 g/mol. The van der Waals surface area contributed by atoms with Crippen LogP contribution in [0.25, 0.3) is 0 Å². The van der Waals surface area contributed by atoms with Gasteiger partial charge >= 0.3 is 11.8 Å². The lowest BCUT2D eigenvalue weighted by atomic mass is 9.95. The largest absolute Gasteiger partial charge is 0.489 e. The van der Waals surface area contributed by atoms with Crippen molar-refractivity contribution in [1.82, 2.24) is 5.32 Å². The zero-order chi connectivity index (χ0) is 15.9.